The van der Waals surface area contributed by atoms with Crippen LogP contribution in [0.15, 0.2) is 84.9 Å². The van der Waals surface area contributed by atoms with Crippen LogP contribution in [0.4, 0.5) is 4.79 Å². The van der Waals surface area contributed by atoms with E-state index in [0.29, 0.717) is 78.2 Å². The van der Waals surface area contributed by atoms with Crippen LogP contribution >= 0.6 is 24.0 Å². The molecule has 6 N–H and O–H groups in total. The van der Waals surface area contributed by atoms with Gasteiger partial charge in [-0.3, -0.25) is 9.59 Å². The summed E-state index contributed by atoms with van der Waals surface area (Å²) in [5.41, 5.74) is 8.11. The number of nitrogens with one attached hydrogen (secondary N) is 3. The van der Waals surface area contributed by atoms with Gasteiger partial charge >= 0.3 is 6.09 Å². The Morgan fingerprint density at radius 3 is 1.64 bits per heavy atom. The highest BCUT2D eigenvalue weighted by Gasteiger charge is 2.49. The number of carbonyl (C=O) groups is 3. The van der Waals surface area contributed by atoms with E-state index >= 15 is 0 Å². The first-order valence-corrected chi connectivity index (χ1v) is 25.7. The zero-order valence-electron chi connectivity index (χ0n) is 45.1. The molecule has 5 rings (SSSR count). The number of benzene rings is 3. The third-order valence-electron chi connectivity index (χ3n) is 11.8. The van der Waals surface area contributed by atoms with Crippen LogP contribution in [0, 0.1) is 0 Å². The van der Waals surface area contributed by atoms with Crippen LogP contribution < -0.4 is 26.4 Å². The van der Waals surface area contributed by atoms with Crippen molar-refractivity contribution in [2.24, 2.45) is 5.73 Å². The normalized spacial score (nSPS) is 23.1. The fraction of sp³-hybridized carbons (Fsp3) is 0.625. The molecule has 0 bridgehead atoms. The predicted octanol–water partition coefficient (Wildman–Crippen LogP) is 6.27. The molecule has 0 spiro atoms. The molecule has 2 saturated heterocycles. The van der Waals surface area contributed by atoms with Gasteiger partial charge in [-0.05, 0) is 95.7 Å². The van der Waals surface area contributed by atoms with Gasteiger partial charge in [-0.2, -0.15) is 0 Å². The second kappa shape index (κ2) is 37.7. The number of aliphatic hydroxyl groups is 1. The number of carbonyl (C=O) groups excluding carboxylic acids is 3. The maximum Gasteiger partial charge on any atom is 0.407 e. The van der Waals surface area contributed by atoms with E-state index in [1.165, 1.54) is 7.11 Å². The van der Waals surface area contributed by atoms with Crippen LogP contribution in [-0.2, 0) is 76.4 Å². The molecule has 10 unspecified atom stereocenters. The summed E-state index contributed by atoms with van der Waals surface area (Å²) in [6.45, 7) is 12.1. The molecule has 19 nitrogen and oxygen atoms in total. The lowest BCUT2D eigenvalue weighted by molar-refractivity contribution is -0.287. The molecule has 2 heterocycles. The number of hydrogen-bond acceptors (Lipinski definition) is 16. The molecule has 10 atom stereocenters. The first-order chi connectivity index (χ1) is 35.7. The quantitative estimate of drug-likeness (QED) is 0.0381. The number of methoxy groups -OCH3 is 3. The number of halogens is 1. The SMILES string of the molecule is C.CCOC1C(NC(=O)CCCNC(=O)OC(C)(C)C)C(OCCc2ccccc2)OC(COC)C1OCc1ccc(OC)cc1.CCOC1C(O)C(COC)OC(OCCc2ccccc2)C1NC(=O)CCCN.I. The Morgan fingerprint density at radius 2 is 1.14 bits per heavy atom. The van der Waals surface area contributed by atoms with Crippen LogP contribution in [0.25, 0.3) is 0 Å². The molecule has 0 saturated carbocycles. The van der Waals surface area contributed by atoms with Crippen LogP contribution in [0.5, 0.6) is 5.75 Å². The standard InChI is InChI=1S/C34H50N2O9.C21H34N2O6.CH4.HI/c1-7-41-31-29(36-28(37)14-11-20-35-33(38)45-34(2,3)4)32(42-21-19-24-12-9-8-10-13-24)44-27(23-39-5)30(31)43-22-25-15-17-26(40-6)18-16-25;1-3-27-20-18(23-17(24)10-7-12-22)21(29-16(14-26-2)19(20)25)28-13-11-15-8-5-4-6-9-15;;/h8-10,12-13,15-18,27,29-32H,7,11,14,19-23H2,1-6H3,(H,35,38)(H,36,37);4-6,8-9,16,18-21,25H,3,7,10-14,22H2,1-2H3,(H,23,24);1H4;1H. The average Bonchev–Trinajstić information content (AvgIpc) is 3.38. The molecule has 430 valence electrons. The lowest BCUT2D eigenvalue weighted by Crippen LogP contribution is -2.66. The largest absolute Gasteiger partial charge is 0.497 e. The summed E-state index contributed by atoms with van der Waals surface area (Å²) in [6, 6.07) is 26.3. The molecule has 2 fully saturated rings. The minimum Gasteiger partial charge on any atom is -0.497 e. The van der Waals surface area contributed by atoms with E-state index in [1.807, 2.05) is 98.8 Å². The van der Waals surface area contributed by atoms with Crippen molar-refractivity contribution in [3.8, 4) is 5.75 Å². The van der Waals surface area contributed by atoms with Gasteiger partial charge in [0.2, 0.25) is 11.8 Å². The number of aliphatic hydroxyl groups excluding tert-OH is 1. The number of alkyl carbamates (subject to hydrolysis) is 1. The minimum absolute atomic E-state index is 0. The van der Waals surface area contributed by atoms with Gasteiger partial charge in [-0.25, -0.2) is 4.79 Å². The molecule has 0 aromatic heterocycles. The van der Waals surface area contributed by atoms with Crippen molar-refractivity contribution >= 4 is 41.9 Å². The molecular weight excluding hydrogens is 1100 g/mol. The molecular formula is C56H89IN4O15. The highest BCUT2D eigenvalue weighted by atomic mass is 127. The van der Waals surface area contributed by atoms with Crippen molar-refractivity contribution in [2.45, 2.75) is 154 Å². The molecule has 0 radical (unpaired) electrons. The summed E-state index contributed by atoms with van der Waals surface area (Å²) in [7, 11) is 4.76. The fourth-order valence-corrected chi connectivity index (χ4v) is 8.32. The van der Waals surface area contributed by atoms with E-state index in [4.69, 9.17) is 57.8 Å². The van der Waals surface area contributed by atoms with Gasteiger partial charge in [0, 0.05) is 46.8 Å². The Kier molecular flexibility index (Phi) is 33.8. The van der Waals surface area contributed by atoms with Crippen molar-refractivity contribution in [3.05, 3.63) is 102 Å². The molecule has 2 aliphatic heterocycles. The zero-order chi connectivity index (χ0) is 53.7. The van der Waals surface area contributed by atoms with Gasteiger partial charge < -0.3 is 78.9 Å². The summed E-state index contributed by atoms with van der Waals surface area (Å²) in [4.78, 5) is 37.5. The van der Waals surface area contributed by atoms with Crippen LogP contribution in [0.1, 0.15) is 84.4 Å². The van der Waals surface area contributed by atoms with Crippen molar-refractivity contribution in [3.63, 3.8) is 0 Å². The molecule has 2 aliphatic rings. The average molecular weight is 1190 g/mol. The van der Waals surface area contributed by atoms with Crippen molar-refractivity contribution in [1.82, 2.24) is 16.0 Å². The highest BCUT2D eigenvalue weighted by molar-refractivity contribution is 14.0. The van der Waals surface area contributed by atoms with Gasteiger partial charge in [0.1, 0.15) is 60.1 Å². The maximum atomic E-state index is 13.2. The predicted molar refractivity (Wildman–Crippen MR) is 299 cm³/mol. The summed E-state index contributed by atoms with van der Waals surface area (Å²) < 4.78 is 64.4. The smallest absolute Gasteiger partial charge is 0.407 e. The van der Waals surface area contributed by atoms with Crippen molar-refractivity contribution in [1.29, 1.82) is 0 Å². The third-order valence-corrected chi connectivity index (χ3v) is 11.8. The molecule has 20 heteroatoms. The van der Waals surface area contributed by atoms with Crippen molar-refractivity contribution < 1.29 is 71.6 Å². The molecule has 0 aliphatic carbocycles. The Bertz CT molecular complexity index is 2010. The van der Waals surface area contributed by atoms with E-state index in [2.05, 4.69) is 16.0 Å². The first kappa shape index (κ1) is 68.1. The Labute approximate surface area is 468 Å². The van der Waals surface area contributed by atoms with Crippen LogP contribution in [-0.4, -0.2) is 164 Å². The molecule has 3 amide bonds. The molecule has 3 aromatic rings. The van der Waals surface area contributed by atoms with Crippen LogP contribution in [0.2, 0.25) is 0 Å². The summed E-state index contributed by atoms with van der Waals surface area (Å²) in [5, 5.41) is 19.4. The second-order valence-corrected chi connectivity index (χ2v) is 18.8. The van der Waals surface area contributed by atoms with Crippen molar-refractivity contribution in [2.75, 3.05) is 74.1 Å². The lowest BCUT2D eigenvalue weighted by Gasteiger charge is -2.46. The van der Waals surface area contributed by atoms with Crippen LogP contribution in [0.3, 0.4) is 0 Å². The summed E-state index contributed by atoms with van der Waals surface area (Å²) in [6.07, 6.45) is -3.19. The first-order valence-electron chi connectivity index (χ1n) is 25.7. The number of rotatable bonds is 29. The van der Waals surface area contributed by atoms with E-state index in [-0.39, 0.29) is 62.9 Å². The van der Waals surface area contributed by atoms with Gasteiger partial charge in [0.25, 0.3) is 0 Å². The van der Waals surface area contributed by atoms with Gasteiger partial charge in [-0.1, -0.05) is 80.2 Å². The third kappa shape index (κ3) is 24.3. The number of ether oxygens (including phenoxy) is 11. The number of hydrogen-bond donors (Lipinski definition) is 5. The summed E-state index contributed by atoms with van der Waals surface area (Å²) >= 11 is 0. The maximum absolute atomic E-state index is 13.2. The van der Waals surface area contributed by atoms with E-state index < -0.39 is 73.0 Å². The van der Waals surface area contributed by atoms with E-state index in [0.717, 1.165) is 22.4 Å². The highest BCUT2D eigenvalue weighted by Crippen LogP contribution is 2.30. The Balaban J connectivity index is 0.000000553. The monoisotopic (exact) mass is 1180 g/mol. The van der Waals surface area contributed by atoms with Gasteiger partial charge in [-0.15, -0.1) is 24.0 Å². The minimum atomic E-state index is -0.955. The molecule has 3 aromatic carbocycles. The number of amides is 3. The summed E-state index contributed by atoms with van der Waals surface area (Å²) in [5.74, 6) is 0.349. The Hall–Kier alpha value is -4.04. The lowest BCUT2D eigenvalue weighted by atomic mass is 9.95. The zero-order valence-corrected chi connectivity index (χ0v) is 47.4. The second-order valence-electron chi connectivity index (χ2n) is 18.8. The molecule has 76 heavy (non-hydrogen) atoms. The Morgan fingerprint density at radius 1 is 0.645 bits per heavy atom. The van der Waals surface area contributed by atoms with E-state index in [1.54, 1.807) is 35.0 Å². The van der Waals surface area contributed by atoms with E-state index in [9.17, 15) is 19.5 Å². The number of nitrogens with two attached hydrogens (primary N) is 1. The fourth-order valence-electron chi connectivity index (χ4n) is 8.32. The van der Waals surface area contributed by atoms with Gasteiger partial charge in [0.05, 0.1) is 40.1 Å². The van der Waals surface area contributed by atoms with Gasteiger partial charge in [0.15, 0.2) is 12.6 Å². The topological polar surface area (TPSA) is 235 Å².